The molecule has 0 spiro atoms. The second-order valence-corrected chi connectivity index (χ2v) is 8.22. The Bertz CT molecular complexity index is 1170. The molecule has 3 aromatic heterocycles. The topological polar surface area (TPSA) is 75.5 Å². The lowest BCUT2D eigenvalue weighted by Gasteiger charge is -2.29. The Hall–Kier alpha value is -3.03. The fourth-order valence-electron chi connectivity index (χ4n) is 4.41. The first-order valence-corrected chi connectivity index (χ1v) is 10.8. The summed E-state index contributed by atoms with van der Waals surface area (Å²) >= 11 is 0. The summed E-state index contributed by atoms with van der Waals surface area (Å²) in [6, 6.07) is 10.2. The molecule has 1 aliphatic rings. The van der Waals surface area contributed by atoms with Crippen molar-refractivity contribution in [3.8, 4) is 22.8 Å². The van der Waals surface area contributed by atoms with Crippen LogP contribution in [0.5, 0.6) is 11.5 Å². The number of fused-ring (bicyclic) bond motifs is 2. The minimum absolute atomic E-state index is 0.153. The molecular formula is C24H28N4O3. The van der Waals surface area contributed by atoms with Crippen molar-refractivity contribution in [1.82, 2.24) is 19.4 Å². The lowest BCUT2D eigenvalue weighted by Crippen LogP contribution is -2.38. The number of likely N-dealkylation sites (tertiary alicyclic amines) is 1. The standard InChI is InChI=1S/C24H28N4O3/c1-27-15-19(20-12-16-4-3-7-25-24(16)26-20)18-13-22(30-2)23(14-21(18)27)31-11-10-28-8-5-17(29)6-9-28/h3-4,7,12-15,17,29H,5-6,8-11H2,1-2H3,(H,25,26). The summed E-state index contributed by atoms with van der Waals surface area (Å²) in [7, 11) is 3.72. The van der Waals surface area contributed by atoms with Gasteiger partial charge in [0.25, 0.3) is 0 Å². The number of aliphatic hydroxyl groups excluding tert-OH is 1. The van der Waals surface area contributed by atoms with Gasteiger partial charge in [0.2, 0.25) is 0 Å². The Morgan fingerprint density at radius 3 is 2.81 bits per heavy atom. The summed E-state index contributed by atoms with van der Waals surface area (Å²) in [6.07, 6.45) is 5.44. The molecule has 0 radical (unpaired) electrons. The number of ether oxygens (including phenoxy) is 2. The largest absolute Gasteiger partial charge is 0.493 e. The lowest BCUT2D eigenvalue weighted by atomic mass is 10.1. The fourth-order valence-corrected chi connectivity index (χ4v) is 4.41. The first-order valence-electron chi connectivity index (χ1n) is 10.8. The molecule has 0 amide bonds. The van der Waals surface area contributed by atoms with Crippen molar-refractivity contribution in [2.24, 2.45) is 7.05 Å². The summed E-state index contributed by atoms with van der Waals surface area (Å²) in [6.45, 7) is 3.26. The third kappa shape index (κ3) is 3.86. The first-order chi connectivity index (χ1) is 15.1. The molecular weight excluding hydrogens is 392 g/mol. The van der Waals surface area contributed by atoms with Gasteiger partial charge in [-0.15, -0.1) is 0 Å². The Morgan fingerprint density at radius 1 is 1.19 bits per heavy atom. The third-order valence-electron chi connectivity index (χ3n) is 6.18. The quantitative estimate of drug-likeness (QED) is 0.499. The van der Waals surface area contributed by atoms with Crippen LogP contribution in [-0.4, -0.2) is 64.0 Å². The van der Waals surface area contributed by atoms with Crippen LogP contribution in [0.25, 0.3) is 33.2 Å². The number of benzene rings is 1. The molecule has 7 nitrogen and oxygen atoms in total. The fraction of sp³-hybridized carbons (Fsp3) is 0.375. The number of nitrogens with one attached hydrogen (secondary N) is 1. The third-order valence-corrected chi connectivity index (χ3v) is 6.18. The summed E-state index contributed by atoms with van der Waals surface area (Å²) in [5.41, 5.74) is 4.10. The van der Waals surface area contributed by atoms with Crippen molar-refractivity contribution < 1.29 is 14.6 Å². The number of methoxy groups -OCH3 is 1. The average Bonchev–Trinajstić information content (AvgIpc) is 3.35. The zero-order valence-electron chi connectivity index (χ0n) is 18.0. The van der Waals surface area contributed by atoms with Crippen LogP contribution in [0.1, 0.15) is 12.8 Å². The minimum Gasteiger partial charge on any atom is -0.493 e. The zero-order valence-corrected chi connectivity index (χ0v) is 18.0. The molecule has 1 saturated heterocycles. The highest BCUT2D eigenvalue weighted by Crippen LogP contribution is 2.38. The summed E-state index contributed by atoms with van der Waals surface area (Å²) in [4.78, 5) is 10.2. The first kappa shape index (κ1) is 19.9. The second-order valence-electron chi connectivity index (χ2n) is 8.22. The van der Waals surface area contributed by atoms with Gasteiger partial charge in [-0.05, 0) is 37.1 Å². The lowest BCUT2D eigenvalue weighted by molar-refractivity contribution is 0.0753. The molecule has 5 rings (SSSR count). The van der Waals surface area contributed by atoms with E-state index in [1.54, 1.807) is 13.3 Å². The smallest absolute Gasteiger partial charge is 0.163 e. The van der Waals surface area contributed by atoms with Gasteiger partial charge in [0.15, 0.2) is 11.5 Å². The predicted octanol–water partition coefficient (Wildman–Crippen LogP) is 3.57. The van der Waals surface area contributed by atoms with Crippen molar-refractivity contribution in [3.05, 3.63) is 42.7 Å². The normalized spacial score (nSPS) is 15.7. The van der Waals surface area contributed by atoms with Crippen LogP contribution in [0.4, 0.5) is 0 Å². The van der Waals surface area contributed by atoms with E-state index in [4.69, 9.17) is 9.47 Å². The van der Waals surface area contributed by atoms with Gasteiger partial charge in [-0.3, -0.25) is 4.90 Å². The molecule has 31 heavy (non-hydrogen) atoms. The molecule has 1 aromatic carbocycles. The number of nitrogens with zero attached hydrogens (tertiary/aromatic N) is 3. The van der Waals surface area contributed by atoms with Crippen LogP contribution in [0.3, 0.4) is 0 Å². The Labute approximate surface area is 181 Å². The van der Waals surface area contributed by atoms with Crippen LogP contribution >= 0.6 is 0 Å². The van der Waals surface area contributed by atoms with Crippen molar-refractivity contribution in [1.29, 1.82) is 0 Å². The molecule has 0 unspecified atom stereocenters. The average molecular weight is 421 g/mol. The Balaban J connectivity index is 1.41. The maximum Gasteiger partial charge on any atom is 0.163 e. The van der Waals surface area contributed by atoms with E-state index in [1.165, 1.54) is 0 Å². The van der Waals surface area contributed by atoms with E-state index in [0.29, 0.717) is 6.61 Å². The van der Waals surface area contributed by atoms with E-state index in [1.807, 2.05) is 13.1 Å². The van der Waals surface area contributed by atoms with Crippen molar-refractivity contribution >= 4 is 21.9 Å². The summed E-state index contributed by atoms with van der Waals surface area (Å²) in [5, 5.41) is 11.9. The number of aryl methyl sites for hydroxylation is 1. The Morgan fingerprint density at radius 2 is 2.03 bits per heavy atom. The Kier molecular flexibility index (Phi) is 5.29. The highest BCUT2D eigenvalue weighted by molar-refractivity contribution is 5.99. The predicted molar refractivity (Wildman–Crippen MR) is 122 cm³/mol. The number of H-pyrrole nitrogens is 1. The van der Waals surface area contributed by atoms with Gasteiger partial charge in [0.1, 0.15) is 12.3 Å². The van der Waals surface area contributed by atoms with Crippen LogP contribution in [0, 0.1) is 0 Å². The SMILES string of the molecule is COc1cc2c(-c3cc4cccnc4[nH]3)cn(C)c2cc1OCCN1CCC(O)CC1. The number of aromatic amines is 1. The van der Waals surface area contributed by atoms with Crippen LogP contribution in [-0.2, 0) is 7.05 Å². The van der Waals surface area contributed by atoms with Gasteiger partial charge in [-0.2, -0.15) is 0 Å². The molecule has 7 heteroatoms. The van der Waals surface area contributed by atoms with Gasteiger partial charge in [0.05, 0.1) is 18.7 Å². The molecule has 4 heterocycles. The van der Waals surface area contributed by atoms with E-state index in [-0.39, 0.29) is 6.10 Å². The van der Waals surface area contributed by atoms with Crippen LogP contribution in [0.2, 0.25) is 0 Å². The number of aromatic nitrogens is 3. The van der Waals surface area contributed by atoms with E-state index in [2.05, 4.69) is 49.9 Å². The van der Waals surface area contributed by atoms with Gasteiger partial charge in [-0.1, -0.05) is 0 Å². The zero-order chi connectivity index (χ0) is 21.4. The number of rotatable bonds is 6. The number of pyridine rings is 1. The molecule has 0 aliphatic carbocycles. The molecule has 162 valence electrons. The molecule has 0 atom stereocenters. The number of hydrogen-bond acceptors (Lipinski definition) is 5. The molecule has 4 aromatic rings. The number of piperidine rings is 1. The molecule has 0 bridgehead atoms. The van der Waals surface area contributed by atoms with E-state index >= 15 is 0 Å². The maximum absolute atomic E-state index is 9.67. The van der Waals surface area contributed by atoms with Gasteiger partial charge < -0.3 is 24.1 Å². The molecule has 1 fully saturated rings. The van der Waals surface area contributed by atoms with Gasteiger partial charge >= 0.3 is 0 Å². The van der Waals surface area contributed by atoms with E-state index in [0.717, 1.165) is 77.2 Å². The van der Waals surface area contributed by atoms with E-state index < -0.39 is 0 Å². The summed E-state index contributed by atoms with van der Waals surface area (Å²) in [5.74, 6) is 1.47. The van der Waals surface area contributed by atoms with E-state index in [9.17, 15) is 5.11 Å². The minimum atomic E-state index is -0.153. The highest BCUT2D eigenvalue weighted by Gasteiger charge is 2.18. The van der Waals surface area contributed by atoms with Crippen molar-refractivity contribution in [3.63, 3.8) is 0 Å². The van der Waals surface area contributed by atoms with Crippen LogP contribution in [0.15, 0.2) is 42.7 Å². The van der Waals surface area contributed by atoms with Crippen LogP contribution < -0.4 is 9.47 Å². The van der Waals surface area contributed by atoms with Gasteiger partial charge in [0, 0.05) is 67.2 Å². The van der Waals surface area contributed by atoms with Crippen molar-refractivity contribution in [2.45, 2.75) is 18.9 Å². The second kappa shape index (κ2) is 8.24. The number of aliphatic hydroxyl groups is 1. The number of hydrogen-bond donors (Lipinski definition) is 2. The highest BCUT2D eigenvalue weighted by atomic mass is 16.5. The molecule has 2 N–H and O–H groups in total. The van der Waals surface area contributed by atoms with Gasteiger partial charge in [-0.25, -0.2) is 4.98 Å². The molecule has 0 saturated carbocycles. The van der Waals surface area contributed by atoms with Crippen molar-refractivity contribution in [2.75, 3.05) is 33.4 Å². The summed E-state index contributed by atoms with van der Waals surface area (Å²) < 4.78 is 13.9. The monoisotopic (exact) mass is 420 g/mol. The molecule has 1 aliphatic heterocycles. The maximum atomic E-state index is 9.67.